The first-order valence-corrected chi connectivity index (χ1v) is 8.45. The molecule has 2 aromatic rings. The summed E-state index contributed by atoms with van der Waals surface area (Å²) in [4.78, 5) is 7.76. The molecular weight excluding hydrogens is 306 g/mol. The summed E-state index contributed by atoms with van der Waals surface area (Å²) in [7, 11) is 1.68. The van der Waals surface area contributed by atoms with E-state index >= 15 is 0 Å². The Balaban J connectivity index is 1.78. The van der Waals surface area contributed by atoms with Crippen LogP contribution in [0.3, 0.4) is 0 Å². The van der Waals surface area contributed by atoms with Gasteiger partial charge in [0.25, 0.3) is 0 Å². The molecule has 0 saturated heterocycles. The summed E-state index contributed by atoms with van der Waals surface area (Å²) in [6.45, 7) is 1.74. The molecule has 4 rings (SSSR count). The Morgan fingerprint density at radius 3 is 2.91 bits per heavy atom. The van der Waals surface area contributed by atoms with Crippen molar-refractivity contribution in [3.63, 3.8) is 0 Å². The Hall–Kier alpha value is -2.27. The lowest BCUT2D eigenvalue weighted by Crippen LogP contribution is -2.42. The normalized spacial score (nSPS) is 16.5. The summed E-state index contributed by atoms with van der Waals surface area (Å²) in [5.74, 6) is 1.80. The second-order valence-electron chi connectivity index (χ2n) is 5.56. The lowest BCUT2D eigenvalue weighted by Gasteiger charge is -2.34. The van der Waals surface area contributed by atoms with E-state index in [0.29, 0.717) is 5.17 Å². The zero-order chi connectivity index (χ0) is 15.8. The van der Waals surface area contributed by atoms with Gasteiger partial charge in [-0.2, -0.15) is 0 Å². The fraction of sp³-hybridized carbons (Fsp3) is 0.222. The molecule has 23 heavy (non-hydrogen) atoms. The standard InChI is InChI=1S/C18H17N3OS/c1-22-14-5-2-4-12(10-14)13-6-7-15-16(11-13)23-18(19)21-9-3-8-20-17(15)21/h2,4-7,10-11,19H,3,8-9H2,1H3. The molecular formula is C18H17N3OS. The third-order valence-corrected chi connectivity index (χ3v) is 5.11. The summed E-state index contributed by atoms with van der Waals surface area (Å²) >= 11 is 1.51. The van der Waals surface area contributed by atoms with Gasteiger partial charge in [-0.25, -0.2) is 0 Å². The van der Waals surface area contributed by atoms with Crippen LogP contribution in [0.15, 0.2) is 52.4 Å². The lowest BCUT2D eigenvalue weighted by molar-refractivity contribution is 0.415. The monoisotopic (exact) mass is 323 g/mol. The quantitative estimate of drug-likeness (QED) is 0.913. The first kappa shape index (κ1) is 14.3. The predicted molar refractivity (Wildman–Crippen MR) is 94.7 cm³/mol. The van der Waals surface area contributed by atoms with E-state index in [9.17, 15) is 0 Å². The molecule has 0 amide bonds. The molecule has 0 spiro atoms. The number of methoxy groups -OCH3 is 1. The molecule has 0 fully saturated rings. The number of rotatable bonds is 2. The highest BCUT2D eigenvalue weighted by molar-refractivity contribution is 8.14. The second-order valence-corrected chi connectivity index (χ2v) is 6.59. The summed E-state index contributed by atoms with van der Waals surface area (Å²) in [6.07, 6.45) is 1.02. The molecule has 0 aromatic heterocycles. The van der Waals surface area contributed by atoms with Crippen LogP contribution in [-0.2, 0) is 0 Å². The van der Waals surface area contributed by atoms with Gasteiger partial charge in [-0.05, 0) is 41.8 Å². The molecule has 0 radical (unpaired) electrons. The third kappa shape index (κ3) is 2.51. The van der Waals surface area contributed by atoms with Gasteiger partial charge >= 0.3 is 0 Å². The van der Waals surface area contributed by atoms with E-state index < -0.39 is 0 Å². The smallest absolute Gasteiger partial charge is 0.166 e. The van der Waals surface area contributed by atoms with Gasteiger partial charge in [0, 0.05) is 23.5 Å². The van der Waals surface area contributed by atoms with E-state index in [1.807, 2.05) is 23.1 Å². The molecule has 2 heterocycles. The summed E-state index contributed by atoms with van der Waals surface area (Å²) in [6, 6.07) is 14.5. The minimum absolute atomic E-state index is 0.568. The van der Waals surface area contributed by atoms with Crippen molar-refractivity contribution in [1.82, 2.24) is 4.90 Å². The molecule has 0 aliphatic carbocycles. The highest BCUT2D eigenvalue weighted by Gasteiger charge is 2.29. The summed E-state index contributed by atoms with van der Waals surface area (Å²) < 4.78 is 5.31. The van der Waals surface area contributed by atoms with Crippen molar-refractivity contribution in [2.75, 3.05) is 20.2 Å². The Morgan fingerprint density at radius 1 is 1.17 bits per heavy atom. The number of hydrogen-bond donors (Lipinski definition) is 1. The average Bonchev–Trinajstić information content (AvgIpc) is 2.61. The maximum atomic E-state index is 8.27. The Bertz CT molecular complexity index is 816. The Kier molecular flexibility index (Phi) is 3.58. The first-order valence-electron chi connectivity index (χ1n) is 7.63. The zero-order valence-electron chi connectivity index (χ0n) is 12.9. The highest BCUT2D eigenvalue weighted by Crippen LogP contribution is 2.36. The Morgan fingerprint density at radius 2 is 2.04 bits per heavy atom. The van der Waals surface area contributed by atoms with Gasteiger partial charge in [-0.15, -0.1) is 0 Å². The van der Waals surface area contributed by atoms with E-state index in [4.69, 9.17) is 10.1 Å². The van der Waals surface area contributed by atoms with Crippen molar-refractivity contribution < 1.29 is 4.74 Å². The van der Waals surface area contributed by atoms with Crippen molar-refractivity contribution in [3.8, 4) is 16.9 Å². The lowest BCUT2D eigenvalue weighted by atomic mass is 10.0. The van der Waals surface area contributed by atoms with Crippen molar-refractivity contribution in [2.45, 2.75) is 11.3 Å². The van der Waals surface area contributed by atoms with Crippen LogP contribution in [0.2, 0.25) is 0 Å². The van der Waals surface area contributed by atoms with Gasteiger partial charge in [0.1, 0.15) is 11.6 Å². The molecule has 0 bridgehead atoms. The number of hydrogen-bond acceptors (Lipinski definition) is 4. The minimum atomic E-state index is 0.568. The summed E-state index contributed by atoms with van der Waals surface area (Å²) in [5, 5.41) is 8.84. The molecule has 5 heteroatoms. The fourth-order valence-corrected chi connectivity index (χ4v) is 3.92. The predicted octanol–water partition coefficient (Wildman–Crippen LogP) is 3.85. The molecule has 1 N–H and O–H groups in total. The SMILES string of the molecule is COc1cccc(-c2ccc3c(c2)SC(=N)N2CCCN=C32)c1. The number of nitrogens with zero attached hydrogens (tertiary/aromatic N) is 2. The highest BCUT2D eigenvalue weighted by atomic mass is 32.2. The van der Waals surface area contributed by atoms with Crippen LogP contribution < -0.4 is 4.74 Å². The minimum Gasteiger partial charge on any atom is -0.497 e. The van der Waals surface area contributed by atoms with Crippen molar-refractivity contribution in [1.29, 1.82) is 5.41 Å². The van der Waals surface area contributed by atoms with Crippen LogP contribution in [-0.4, -0.2) is 36.1 Å². The fourth-order valence-electron chi connectivity index (χ4n) is 2.97. The molecule has 4 nitrogen and oxygen atoms in total. The topological polar surface area (TPSA) is 48.7 Å². The van der Waals surface area contributed by atoms with Crippen LogP contribution in [0.4, 0.5) is 0 Å². The number of nitrogens with one attached hydrogen (secondary N) is 1. The molecule has 0 unspecified atom stereocenters. The van der Waals surface area contributed by atoms with E-state index in [0.717, 1.165) is 52.7 Å². The second kappa shape index (κ2) is 5.74. The third-order valence-electron chi connectivity index (χ3n) is 4.13. The van der Waals surface area contributed by atoms with E-state index in [1.165, 1.54) is 11.8 Å². The van der Waals surface area contributed by atoms with Crippen molar-refractivity contribution >= 4 is 22.8 Å². The van der Waals surface area contributed by atoms with Crippen LogP contribution in [0, 0.1) is 5.41 Å². The van der Waals surface area contributed by atoms with E-state index in [1.54, 1.807) is 7.11 Å². The van der Waals surface area contributed by atoms with Gasteiger partial charge in [-0.1, -0.05) is 30.0 Å². The molecule has 2 aliphatic heterocycles. The Labute approximate surface area is 139 Å². The number of ether oxygens (including phenoxy) is 1. The van der Waals surface area contributed by atoms with Gasteiger partial charge < -0.3 is 9.64 Å². The maximum Gasteiger partial charge on any atom is 0.166 e. The van der Waals surface area contributed by atoms with Crippen LogP contribution in [0.1, 0.15) is 12.0 Å². The molecule has 2 aromatic carbocycles. The first-order chi connectivity index (χ1) is 11.3. The van der Waals surface area contributed by atoms with Crippen LogP contribution in [0.5, 0.6) is 5.75 Å². The molecule has 0 atom stereocenters. The average molecular weight is 323 g/mol. The molecule has 2 aliphatic rings. The number of benzene rings is 2. The van der Waals surface area contributed by atoms with Gasteiger partial charge in [0.15, 0.2) is 5.17 Å². The number of aliphatic imine (C=N–C) groups is 1. The van der Waals surface area contributed by atoms with Gasteiger partial charge in [0.2, 0.25) is 0 Å². The van der Waals surface area contributed by atoms with E-state index in [2.05, 4.69) is 29.3 Å². The van der Waals surface area contributed by atoms with Crippen LogP contribution >= 0.6 is 11.8 Å². The molecule has 0 saturated carbocycles. The number of fused-ring (bicyclic) bond motifs is 3. The van der Waals surface area contributed by atoms with Crippen molar-refractivity contribution in [2.24, 2.45) is 4.99 Å². The van der Waals surface area contributed by atoms with Gasteiger partial charge in [0.05, 0.1) is 7.11 Å². The van der Waals surface area contributed by atoms with E-state index in [-0.39, 0.29) is 0 Å². The maximum absolute atomic E-state index is 8.27. The van der Waals surface area contributed by atoms with Crippen molar-refractivity contribution in [3.05, 3.63) is 48.0 Å². The number of amidine groups is 2. The number of thioether (sulfide) groups is 1. The summed E-state index contributed by atoms with van der Waals surface area (Å²) in [5.41, 5.74) is 3.39. The molecule has 116 valence electrons. The largest absolute Gasteiger partial charge is 0.497 e. The van der Waals surface area contributed by atoms with Crippen LogP contribution in [0.25, 0.3) is 11.1 Å². The van der Waals surface area contributed by atoms with Gasteiger partial charge in [-0.3, -0.25) is 10.4 Å². The zero-order valence-corrected chi connectivity index (χ0v) is 13.7.